The molecular weight excluding hydrogens is 506 g/mol. The van der Waals surface area contributed by atoms with Gasteiger partial charge in [0.1, 0.15) is 17.6 Å². The van der Waals surface area contributed by atoms with Crippen LogP contribution < -0.4 is 9.64 Å². The van der Waals surface area contributed by atoms with Gasteiger partial charge >= 0.3 is 5.91 Å². The Morgan fingerprint density at radius 2 is 1.97 bits per heavy atom. The van der Waals surface area contributed by atoms with Crippen LogP contribution in [0.4, 0.5) is 10.8 Å². The maximum Gasteiger partial charge on any atom is 0.301 e. The molecule has 1 saturated heterocycles. The summed E-state index contributed by atoms with van der Waals surface area (Å²) in [6.07, 6.45) is 0.630. The third-order valence-corrected chi connectivity index (χ3v) is 7.77. The molecule has 1 amide bonds. The van der Waals surface area contributed by atoms with Gasteiger partial charge in [-0.1, -0.05) is 29.5 Å². The minimum Gasteiger partial charge on any atom is -0.507 e. The molecular formula is C28H21N3O6S. The molecule has 0 saturated carbocycles. The molecule has 0 spiro atoms. The van der Waals surface area contributed by atoms with Crippen LogP contribution in [0, 0.1) is 17.0 Å². The van der Waals surface area contributed by atoms with Gasteiger partial charge in [-0.15, -0.1) is 0 Å². The number of aryl methyl sites for hydroxylation is 1. The third-order valence-electron chi connectivity index (χ3n) is 6.75. The number of aliphatic hydroxyl groups is 1. The van der Waals surface area contributed by atoms with Crippen LogP contribution in [0.5, 0.6) is 5.75 Å². The first-order chi connectivity index (χ1) is 18.2. The molecule has 3 aromatic carbocycles. The van der Waals surface area contributed by atoms with Crippen molar-refractivity contribution in [2.24, 2.45) is 0 Å². The fraction of sp³-hybridized carbons (Fsp3) is 0.179. The van der Waals surface area contributed by atoms with E-state index >= 15 is 0 Å². The van der Waals surface area contributed by atoms with Gasteiger partial charge in [0, 0.05) is 24.1 Å². The molecule has 3 heterocycles. The van der Waals surface area contributed by atoms with Gasteiger partial charge in [0.05, 0.1) is 26.8 Å². The highest BCUT2D eigenvalue weighted by atomic mass is 32.1. The van der Waals surface area contributed by atoms with Crippen molar-refractivity contribution in [3.63, 3.8) is 0 Å². The molecule has 2 aliphatic rings. The molecule has 1 fully saturated rings. The number of ketones is 1. The van der Waals surface area contributed by atoms with E-state index in [1.165, 1.54) is 34.4 Å². The molecule has 0 bridgehead atoms. The topological polar surface area (TPSA) is 123 Å². The number of aromatic nitrogens is 1. The number of carbonyl (C=O) groups excluding carboxylic acids is 2. The fourth-order valence-electron chi connectivity index (χ4n) is 5.00. The van der Waals surface area contributed by atoms with E-state index in [4.69, 9.17) is 4.74 Å². The van der Waals surface area contributed by atoms with Gasteiger partial charge in [0.2, 0.25) is 0 Å². The zero-order valence-electron chi connectivity index (χ0n) is 20.4. The van der Waals surface area contributed by atoms with Crippen LogP contribution in [0.15, 0.2) is 66.2 Å². The molecule has 0 radical (unpaired) electrons. The average molecular weight is 528 g/mol. The number of nitro groups is 1. The number of thiazole rings is 1. The molecule has 2 atom stereocenters. The minimum atomic E-state index is -1.11. The number of carbonyl (C=O) groups is 2. The second-order valence-corrected chi connectivity index (χ2v) is 10.5. The molecule has 1 N–H and O–H groups in total. The largest absolute Gasteiger partial charge is 0.507 e. The predicted molar refractivity (Wildman–Crippen MR) is 142 cm³/mol. The highest BCUT2D eigenvalue weighted by molar-refractivity contribution is 7.22. The number of amides is 1. The van der Waals surface area contributed by atoms with Crippen molar-refractivity contribution < 1.29 is 24.4 Å². The molecule has 2 aliphatic heterocycles. The van der Waals surface area contributed by atoms with Crippen molar-refractivity contribution in [3.05, 3.63) is 98.6 Å². The van der Waals surface area contributed by atoms with Gasteiger partial charge in [0.15, 0.2) is 5.13 Å². The lowest BCUT2D eigenvalue weighted by Crippen LogP contribution is -2.29. The molecule has 38 heavy (non-hydrogen) atoms. The highest BCUT2D eigenvalue weighted by Crippen LogP contribution is 2.45. The SMILES string of the molecule is Cc1ccc2nc(N3C(=O)C(=O)C(=C(O)c4ccc5c(c4)C[C@H](C)O5)[C@H]3c3cccc([N+](=O)[O-])c3)sc2c1. The maximum absolute atomic E-state index is 13.5. The first-order valence-electron chi connectivity index (χ1n) is 11.9. The molecule has 9 nitrogen and oxygen atoms in total. The first kappa shape index (κ1) is 23.8. The molecule has 190 valence electrons. The number of fused-ring (bicyclic) bond motifs is 2. The maximum atomic E-state index is 13.5. The fourth-order valence-corrected chi connectivity index (χ4v) is 6.09. The second kappa shape index (κ2) is 8.77. The third kappa shape index (κ3) is 3.81. The Kier molecular flexibility index (Phi) is 5.50. The summed E-state index contributed by atoms with van der Waals surface area (Å²) in [7, 11) is 0. The summed E-state index contributed by atoms with van der Waals surface area (Å²) in [4.78, 5) is 43.8. The van der Waals surface area contributed by atoms with Crippen LogP contribution in [0.2, 0.25) is 0 Å². The molecule has 6 rings (SSSR count). The summed E-state index contributed by atoms with van der Waals surface area (Å²) >= 11 is 1.24. The number of hydrogen-bond acceptors (Lipinski definition) is 8. The van der Waals surface area contributed by atoms with Crippen LogP contribution in [0.3, 0.4) is 0 Å². The molecule has 10 heteroatoms. The Labute approximate surface area is 220 Å². The summed E-state index contributed by atoms with van der Waals surface area (Å²) in [5.41, 5.74) is 2.87. The van der Waals surface area contributed by atoms with Gasteiger partial charge in [-0.2, -0.15) is 0 Å². The van der Waals surface area contributed by atoms with E-state index in [2.05, 4.69) is 4.98 Å². The van der Waals surface area contributed by atoms with E-state index < -0.39 is 22.7 Å². The normalized spacial score (nSPS) is 20.1. The van der Waals surface area contributed by atoms with E-state index in [9.17, 15) is 24.8 Å². The number of benzene rings is 3. The van der Waals surface area contributed by atoms with Gasteiger partial charge < -0.3 is 9.84 Å². The second-order valence-electron chi connectivity index (χ2n) is 9.44. The molecule has 0 aliphatic carbocycles. The number of non-ortho nitro benzene ring substituents is 1. The average Bonchev–Trinajstić information content (AvgIpc) is 3.55. The minimum absolute atomic E-state index is 0.0134. The zero-order chi connectivity index (χ0) is 26.7. The summed E-state index contributed by atoms with van der Waals surface area (Å²) in [6, 6.07) is 15.4. The van der Waals surface area contributed by atoms with Crippen LogP contribution >= 0.6 is 11.3 Å². The smallest absolute Gasteiger partial charge is 0.301 e. The number of ether oxygens (including phenoxy) is 1. The number of aliphatic hydroxyl groups excluding tert-OH is 1. The van der Waals surface area contributed by atoms with Crippen molar-refractivity contribution in [1.82, 2.24) is 4.98 Å². The van der Waals surface area contributed by atoms with Crippen LogP contribution in [-0.2, 0) is 16.0 Å². The molecule has 1 aromatic heterocycles. The van der Waals surface area contributed by atoms with Crippen molar-refractivity contribution in [1.29, 1.82) is 0 Å². The summed E-state index contributed by atoms with van der Waals surface area (Å²) in [5.74, 6) is -1.41. The van der Waals surface area contributed by atoms with Crippen LogP contribution in [0.1, 0.15) is 35.2 Å². The van der Waals surface area contributed by atoms with Crippen molar-refractivity contribution >= 4 is 49.8 Å². The lowest BCUT2D eigenvalue weighted by molar-refractivity contribution is -0.384. The van der Waals surface area contributed by atoms with E-state index in [1.807, 2.05) is 32.0 Å². The Hall–Kier alpha value is -4.57. The van der Waals surface area contributed by atoms with Gasteiger partial charge in [-0.25, -0.2) is 4.98 Å². The number of nitro benzene ring substituents is 1. The lowest BCUT2D eigenvalue weighted by atomic mass is 9.94. The Bertz CT molecular complexity index is 1710. The Balaban J connectivity index is 1.56. The summed E-state index contributed by atoms with van der Waals surface area (Å²) in [5, 5.41) is 23.3. The lowest BCUT2D eigenvalue weighted by Gasteiger charge is -2.22. The van der Waals surface area contributed by atoms with E-state index in [-0.39, 0.29) is 28.3 Å². The Morgan fingerprint density at radius 3 is 2.76 bits per heavy atom. The van der Waals surface area contributed by atoms with E-state index in [1.54, 1.807) is 24.3 Å². The van der Waals surface area contributed by atoms with Gasteiger partial charge in [-0.05, 0) is 60.9 Å². The summed E-state index contributed by atoms with van der Waals surface area (Å²) in [6.45, 7) is 3.88. The number of hydrogen-bond donors (Lipinski definition) is 1. The van der Waals surface area contributed by atoms with Gasteiger partial charge in [-0.3, -0.25) is 24.6 Å². The zero-order valence-corrected chi connectivity index (χ0v) is 21.2. The predicted octanol–water partition coefficient (Wildman–Crippen LogP) is 5.46. The highest BCUT2D eigenvalue weighted by Gasteiger charge is 2.48. The monoisotopic (exact) mass is 527 g/mol. The number of Topliss-reactive ketones (excluding diaryl/α,β-unsaturated/α-hetero) is 1. The van der Waals surface area contributed by atoms with E-state index in [0.29, 0.717) is 28.8 Å². The quantitative estimate of drug-likeness (QED) is 0.123. The van der Waals surface area contributed by atoms with Crippen LogP contribution in [0.25, 0.3) is 16.0 Å². The van der Waals surface area contributed by atoms with Crippen molar-refractivity contribution in [3.8, 4) is 5.75 Å². The van der Waals surface area contributed by atoms with Crippen molar-refractivity contribution in [2.45, 2.75) is 32.4 Å². The molecule has 4 aromatic rings. The number of rotatable bonds is 4. The first-order valence-corrected chi connectivity index (χ1v) is 12.8. The number of nitrogens with zero attached hydrogens (tertiary/aromatic N) is 3. The molecule has 0 unspecified atom stereocenters. The van der Waals surface area contributed by atoms with E-state index in [0.717, 1.165) is 15.8 Å². The Morgan fingerprint density at radius 1 is 1.16 bits per heavy atom. The standard InChI is InChI=1S/C28H21N3O6S/c1-14-6-8-20-22(10-14)38-28(29-20)30-24(16-4-3-5-19(13-16)31(35)36)23(26(33)27(30)34)25(32)17-7-9-21-18(12-17)11-15(2)37-21/h3-10,12-13,15,24,32H,11H2,1-2H3/t15-,24+/m0/s1. The van der Waals surface area contributed by atoms with Crippen molar-refractivity contribution in [2.75, 3.05) is 4.90 Å². The summed E-state index contributed by atoms with van der Waals surface area (Å²) < 4.78 is 6.57. The number of anilines is 1. The van der Waals surface area contributed by atoms with Crippen LogP contribution in [-0.4, -0.2) is 32.8 Å². The van der Waals surface area contributed by atoms with Gasteiger partial charge in [0.25, 0.3) is 11.5 Å².